The van der Waals surface area contributed by atoms with Crippen molar-refractivity contribution in [3.63, 3.8) is 0 Å². The van der Waals surface area contributed by atoms with E-state index in [0.29, 0.717) is 22.9 Å². The van der Waals surface area contributed by atoms with Crippen LogP contribution in [0.3, 0.4) is 0 Å². The number of ether oxygens (including phenoxy) is 2. The molecule has 1 amide bonds. The number of nitrogens with one attached hydrogen (secondary N) is 1. The summed E-state index contributed by atoms with van der Waals surface area (Å²) in [5.74, 6) is 1.89. The van der Waals surface area contributed by atoms with Crippen molar-refractivity contribution in [3.05, 3.63) is 101 Å². The molecule has 0 radical (unpaired) electrons. The molecular formula is C29H26BrN5O3. The Hall–Kier alpha value is -4.37. The minimum Gasteiger partial charge on any atom is -0.497 e. The summed E-state index contributed by atoms with van der Waals surface area (Å²) in [6.45, 7) is 0. The summed E-state index contributed by atoms with van der Waals surface area (Å²) in [7, 11) is 3.57. The number of carbonyl (C=O) groups is 1. The van der Waals surface area contributed by atoms with Gasteiger partial charge in [0.05, 0.1) is 23.8 Å². The number of hydrogen-bond donors (Lipinski definition) is 2. The molecule has 0 bridgehead atoms. The number of benzene rings is 3. The molecule has 0 aliphatic carbocycles. The minimum atomic E-state index is -0.418. The van der Waals surface area contributed by atoms with E-state index in [4.69, 9.17) is 20.2 Å². The average Bonchev–Trinajstić information content (AvgIpc) is 3.22. The second kappa shape index (κ2) is 10.9. The van der Waals surface area contributed by atoms with Crippen LogP contribution in [0.25, 0.3) is 11.0 Å². The molecule has 2 aromatic heterocycles. The van der Waals surface area contributed by atoms with Crippen LogP contribution in [0, 0.1) is 0 Å². The Kier molecular flexibility index (Phi) is 7.28. The molecule has 3 N–H and O–H groups in total. The number of aromatic nitrogens is 3. The minimum absolute atomic E-state index is 0.109. The number of anilines is 2. The van der Waals surface area contributed by atoms with E-state index in [2.05, 4.69) is 26.2 Å². The second-order valence-corrected chi connectivity index (χ2v) is 9.71. The zero-order valence-electron chi connectivity index (χ0n) is 20.9. The first-order valence-corrected chi connectivity index (χ1v) is 12.7. The van der Waals surface area contributed by atoms with E-state index in [9.17, 15) is 4.79 Å². The number of primary amides is 1. The maximum Gasteiger partial charge on any atom is 0.218 e. The third-order valence-corrected chi connectivity index (χ3v) is 6.73. The van der Waals surface area contributed by atoms with Gasteiger partial charge in [0.25, 0.3) is 0 Å². The first-order valence-electron chi connectivity index (χ1n) is 11.9. The molecule has 0 fully saturated rings. The lowest BCUT2D eigenvalue weighted by molar-refractivity contribution is -0.118. The number of nitrogens with zero attached hydrogens (tertiary/aromatic N) is 3. The van der Waals surface area contributed by atoms with E-state index in [1.165, 1.54) is 0 Å². The normalized spacial score (nSPS) is 11.8. The lowest BCUT2D eigenvalue weighted by Crippen LogP contribution is -2.17. The van der Waals surface area contributed by atoms with E-state index < -0.39 is 5.91 Å². The van der Waals surface area contributed by atoms with Crippen molar-refractivity contribution in [1.82, 2.24) is 14.5 Å². The second-order valence-electron chi connectivity index (χ2n) is 8.79. The Labute approximate surface area is 228 Å². The Bertz CT molecular complexity index is 1600. The van der Waals surface area contributed by atoms with E-state index in [0.717, 1.165) is 32.7 Å². The number of nitrogens with two attached hydrogens (primary N) is 1. The van der Waals surface area contributed by atoms with E-state index in [-0.39, 0.29) is 12.3 Å². The average molecular weight is 572 g/mol. The van der Waals surface area contributed by atoms with Gasteiger partial charge in [0.15, 0.2) is 0 Å². The van der Waals surface area contributed by atoms with Gasteiger partial charge < -0.3 is 25.1 Å². The van der Waals surface area contributed by atoms with Gasteiger partial charge in [-0.15, -0.1) is 0 Å². The van der Waals surface area contributed by atoms with Gasteiger partial charge in [-0.3, -0.25) is 9.78 Å². The summed E-state index contributed by atoms with van der Waals surface area (Å²) in [4.78, 5) is 21.2. The highest BCUT2D eigenvalue weighted by Crippen LogP contribution is 2.33. The Morgan fingerprint density at radius 1 is 1.03 bits per heavy atom. The topological polar surface area (TPSA) is 104 Å². The molecule has 0 aliphatic rings. The summed E-state index contributed by atoms with van der Waals surface area (Å²) in [6.07, 6.45) is 1.77. The predicted octanol–water partition coefficient (Wildman–Crippen LogP) is 6.28. The molecule has 192 valence electrons. The number of imidazole rings is 1. The molecule has 38 heavy (non-hydrogen) atoms. The largest absolute Gasteiger partial charge is 0.497 e. The van der Waals surface area contributed by atoms with E-state index in [1.54, 1.807) is 19.4 Å². The molecule has 2 heterocycles. The van der Waals surface area contributed by atoms with Crippen molar-refractivity contribution in [2.45, 2.75) is 12.3 Å². The van der Waals surface area contributed by atoms with Crippen LogP contribution in [-0.2, 0) is 11.8 Å². The lowest BCUT2D eigenvalue weighted by atomic mass is 9.91. The van der Waals surface area contributed by atoms with E-state index >= 15 is 0 Å². The fourth-order valence-corrected chi connectivity index (χ4v) is 4.55. The predicted molar refractivity (Wildman–Crippen MR) is 151 cm³/mol. The van der Waals surface area contributed by atoms with Crippen molar-refractivity contribution in [2.24, 2.45) is 12.8 Å². The molecular weight excluding hydrogens is 546 g/mol. The van der Waals surface area contributed by atoms with Gasteiger partial charge in [0, 0.05) is 47.9 Å². The third-order valence-electron chi connectivity index (χ3n) is 6.20. The van der Waals surface area contributed by atoms with E-state index in [1.807, 2.05) is 84.4 Å². The van der Waals surface area contributed by atoms with Crippen LogP contribution >= 0.6 is 15.9 Å². The summed E-state index contributed by atoms with van der Waals surface area (Å²) in [5.41, 5.74) is 9.83. The van der Waals surface area contributed by atoms with Crippen molar-refractivity contribution in [2.75, 3.05) is 12.4 Å². The SMILES string of the molecule is COc1cccc(C(CC(N)=O)c2cc(Oc3ccc4c(c3)nc(Nc3ccc(Br)cc3)n4C)ccn2)c1. The highest BCUT2D eigenvalue weighted by atomic mass is 79.9. The van der Waals surface area contributed by atoms with Crippen molar-refractivity contribution >= 4 is 44.5 Å². The quantitative estimate of drug-likeness (QED) is 0.215. The van der Waals surface area contributed by atoms with Gasteiger partial charge in [-0.05, 0) is 60.2 Å². The summed E-state index contributed by atoms with van der Waals surface area (Å²) in [6, 6.07) is 24.8. The maximum atomic E-state index is 11.9. The first-order chi connectivity index (χ1) is 18.4. The van der Waals surface area contributed by atoms with Crippen LogP contribution in [0.2, 0.25) is 0 Å². The number of amides is 1. The van der Waals surface area contributed by atoms with Crippen molar-refractivity contribution < 1.29 is 14.3 Å². The first kappa shape index (κ1) is 25.3. The van der Waals surface area contributed by atoms with Gasteiger partial charge in [-0.2, -0.15) is 0 Å². The number of pyridine rings is 1. The Morgan fingerprint density at radius 3 is 2.58 bits per heavy atom. The summed E-state index contributed by atoms with van der Waals surface area (Å²) < 4.78 is 14.6. The van der Waals surface area contributed by atoms with Crippen LogP contribution < -0.4 is 20.5 Å². The van der Waals surface area contributed by atoms with Gasteiger partial charge in [-0.1, -0.05) is 28.1 Å². The number of methoxy groups -OCH3 is 1. The third kappa shape index (κ3) is 5.63. The Morgan fingerprint density at radius 2 is 1.82 bits per heavy atom. The van der Waals surface area contributed by atoms with Gasteiger partial charge in [0.2, 0.25) is 11.9 Å². The number of aryl methyl sites for hydroxylation is 1. The number of carbonyl (C=O) groups excluding carboxylic acids is 1. The number of hydrogen-bond acceptors (Lipinski definition) is 6. The molecule has 1 unspecified atom stereocenters. The zero-order valence-corrected chi connectivity index (χ0v) is 22.5. The fourth-order valence-electron chi connectivity index (χ4n) is 4.29. The highest BCUT2D eigenvalue weighted by Gasteiger charge is 2.20. The van der Waals surface area contributed by atoms with Crippen LogP contribution in [0.5, 0.6) is 17.2 Å². The molecule has 1 atom stereocenters. The van der Waals surface area contributed by atoms with Crippen LogP contribution in [0.15, 0.2) is 89.5 Å². The van der Waals surface area contributed by atoms with Gasteiger partial charge >= 0.3 is 0 Å². The standard InChI is InChI=1S/C29H26BrN5O3/c1-35-27-11-10-22(16-26(27)34-29(35)33-20-8-6-19(30)7-9-20)38-23-12-13-32-25(15-23)24(17-28(31)36)18-4-3-5-21(14-18)37-2/h3-16,24H,17H2,1-2H3,(H2,31,36)(H,33,34). The maximum absolute atomic E-state index is 11.9. The summed E-state index contributed by atoms with van der Waals surface area (Å²) >= 11 is 3.46. The van der Waals surface area contributed by atoms with Gasteiger partial charge in [-0.25, -0.2) is 4.98 Å². The van der Waals surface area contributed by atoms with Gasteiger partial charge in [0.1, 0.15) is 17.2 Å². The monoisotopic (exact) mass is 571 g/mol. The molecule has 5 rings (SSSR count). The summed E-state index contributed by atoms with van der Waals surface area (Å²) in [5, 5.41) is 3.35. The molecule has 0 spiro atoms. The Balaban J connectivity index is 1.40. The molecule has 5 aromatic rings. The number of rotatable bonds is 9. The molecule has 3 aromatic carbocycles. The number of halogens is 1. The molecule has 8 nitrogen and oxygen atoms in total. The van der Waals surface area contributed by atoms with Crippen LogP contribution in [0.4, 0.5) is 11.6 Å². The van der Waals surface area contributed by atoms with Crippen LogP contribution in [0.1, 0.15) is 23.6 Å². The number of fused-ring (bicyclic) bond motifs is 1. The molecule has 0 saturated carbocycles. The molecule has 0 saturated heterocycles. The van der Waals surface area contributed by atoms with Crippen molar-refractivity contribution in [1.29, 1.82) is 0 Å². The van der Waals surface area contributed by atoms with Crippen molar-refractivity contribution in [3.8, 4) is 17.2 Å². The zero-order chi connectivity index (χ0) is 26.6. The molecule has 0 aliphatic heterocycles. The highest BCUT2D eigenvalue weighted by molar-refractivity contribution is 9.10. The molecule has 9 heteroatoms. The smallest absolute Gasteiger partial charge is 0.218 e. The fraction of sp³-hybridized carbons (Fsp3) is 0.138. The lowest BCUT2D eigenvalue weighted by Gasteiger charge is -2.17. The van der Waals surface area contributed by atoms with Crippen LogP contribution in [-0.4, -0.2) is 27.6 Å².